The molecule has 0 amide bonds. The van der Waals surface area contributed by atoms with Crippen LogP contribution in [-0.2, 0) is 16.1 Å². The summed E-state index contributed by atoms with van der Waals surface area (Å²) in [6.07, 6.45) is 1.55. The molecule has 20 heavy (non-hydrogen) atoms. The first-order chi connectivity index (χ1) is 9.74. The van der Waals surface area contributed by atoms with Gasteiger partial charge in [-0.15, -0.1) is 0 Å². The predicted octanol–water partition coefficient (Wildman–Crippen LogP) is 2.28. The molecule has 2 rings (SSSR count). The van der Waals surface area contributed by atoms with Crippen LogP contribution in [0.25, 0.3) is 10.4 Å². The largest absolute Gasteiger partial charge is 0.469 e. The summed E-state index contributed by atoms with van der Waals surface area (Å²) < 4.78 is 4.77. The van der Waals surface area contributed by atoms with Crippen LogP contribution in [0.3, 0.4) is 0 Å². The minimum atomic E-state index is -0.130. The maximum absolute atomic E-state index is 11.5. The molecule has 1 aliphatic rings. The number of azide groups is 1. The van der Waals surface area contributed by atoms with Crippen LogP contribution in [0, 0.1) is 5.92 Å². The Morgan fingerprint density at radius 2 is 2.30 bits per heavy atom. The lowest BCUT2D eigenvalue weighted by Crippen LogP contribution is -2.37. The number of nitrogens with zero attached hydrogens (tertiary/aromatic N) is 5. The van der Waals surface area contributed by atoms with Gasteiger partial charge in [0.05, 0.1) is 19.6 Å². The lowest BCUT2D eigenvalue weighted by Gasteiger charge is -2.31. The van der Waals surface area contributed by atoms with E-state index in [0.29, 0.717) is 0 Å². The predicted molar refractivity (Wildman–Crippen MR) is 74.0 cm³/mol. The van der Waals surface area contributed by atoms with Crippen molar-refractivity contribution in [3.8, 4) is 0 Å². The number of hydrogen-bond donors (Lipinski definition) is 0. The number of methoxy groups -OCH3 is 1. The smallest absolute Gasteiger partial charge is 0.308 e. The van der Waals surface area contributed by atoms with Gasteiger partial charge >= 0.3 is 5.97 Å². The van der Waals surface area contributed by atoms with Crippen LogP contribution in [0.5, 0.6) is 0 Å². The van der Waals surface area contributed by atoms with E-state index in [-0.39, 0.29) is 18.4 Å². The fourth-order valence-corrected chi connectivity index (χ4v) is 2.35. The number of ether oxygens (including phenoxy) is 1. The summed E-state index contributed by atoms with van der Waals surface area (Å²) in [5.74, 6) is 0.719. The number of piperidine rings is 1. The quantitative estimate of drug-likeness (QED) is 0.365. The van der Waals surface area contributed by atoms with Gasteiger partial charge in [0.15, 0.2) is 0 Å². The number of carbonyl (C=O) groups is 1. The number of pyridine rings is 1. The van der Waals surface area contributed by atoms with Crippen LogP contribution in [0.15, 0.2) is 23.3 Å². The van der Waals surface area contributed by atoms with Gasteiger partial charge in [0, 0.05) is 23.7 Å². The van der Waals surface area contributed by atoms with Crippen LogP contribution >= 0.6 is 0 Å². The van der Waals surface area contributed by atoms with Crippen LogP contribution in [0.1, 0.15) is 18.5 Å². The number of aromatic nitrogens is 1. The van der Waals surface area contributed by atoms with Crippen molar-refractivity contribution < 1.29 is 9.53 Å². The van der Waals surface area contributed by atoms with Crippen molar-refractivity contribution >= 4 is 11.8 Å². The van der Waals surface area contributed by atoms with Crippen LogP contribution < -0.4 is 4.90 Å². The third-order valence-electron chi connectivity index (χ3n) is 3.44. The summed E-state index contributed by atoms with van der Waals surface area (Å²) >= 11 is 0. The molecule has 0 aliphatic carbocycles. The highest BCUT2D eigenvalue weighted by Crippen LogP contribution is 2.22. The van der Waals surface area contributed by atoms with Crippen LogP contribution in [0.4, 0.5) is 5.82 Å². The number of hydrogen-bond acceptors (Lipinski definition) is 5. The molecule has 1 aromatic heterocycles. The van der Waals surface area contributed by atoms with Crippen molar-refractivity contribution in [1.29, 1.82) is 0 Å². The number of rotatable bonds is 4. The maximum Gasteiger partial charge on any atom is 0.308 e. The highest BCUT2D eigenvalue weighted by molar-refractivity contribution is 5.72. The second-order valence-corrected chi connectivity index (χ2v) is 4.66. The molecule has 0 radical (unpaired) electrons. The van der Waals surface area contributed by atoms with Crippen molar-refractivity contribution in [2.45, 2.75) is 19.4 Å². The summed E-state index contributed by atoms with van der Waals surface area (Å²) in [7, 11) is 1.43. The molecule has 7 heteroatoms. The van der Waals surface area contributed by atoms with Gasteiger partial charge < -0.3 is 9.64 Å². The zero-order chi connectivity index (χ0) is 14.4. The summed E-state index contributed by atoms with van der Waals surface area (Å²) in [6.45, 7) is 1.80. The summed E-state index contributed by atoms with van der Waals surface area (Å²) in [5.41, 5.74) is 9.07. The highest BCUT2D eigenvalue weighted by atomic mass is 16.5. The van der Waals surface area contributed by atoms with Crippen LogP contribution in [0.2, 0.25) is 0 Å². The normalized spacial score (nSPS) is 15.6. The van der Waals surface area contributed by atoms with Gasteiger partial charge in [0.2, 0.25) is 0 Å². The Kier molecular flexibility index (Phi) is 4.79. The van der Waals surface area contributed by atoms with Crippen molar-refractivity contribution in [1.82, 2.24) is 4.98 Å². The molecule has 1 aliphatic heterocycles. The van der Waals surface area contributed by atoms with Crippen molar-refractivity contribution in [3.63, 3.8) is 0 Å². The number of anilines is 1. The van der Waals surface area contributed by atoms with Gasteiger partial charge in [-0.25, -0.2) is 4.98 Å². The van der Waals surface area contributed by atoms with E-state index < -0.39 is 0 Å². The van der Waals surface area contributed by atoms with Crippen molar-refractivity contribution in [2.75, 3.05) is 25.1 Å². The summed E-state index contributed by atoms with van der Waals surface area (Å²) in [6, 6.07) is 5.66. The Balaban J connectivity index is 1.99. The first kappa shape index (κ1) is 14.1. The monoisotopic (exact) mass is 275 g/mol. The molecule has 0 aromatic carbocycles. The van der Waals surface area contributed by atoms with Gasteiger partial charge in [-0.05, 0) is 30.5 Å². The molecule has 0 bridgehead atoms. The first-order valence-corrected chi connectivity index (χ1v) is 6.54. The van der Waals surface area contributed by atoms with Gasteiger partial charge in [-0.3, -0.25) is 4.79 Å². The summed E-state index contributed by atoms with van der Waals surface area (Å²) in [4.78, 5) is 20.8. The average Bonchev–Trinajstić information content (AvgIpc) is 2.52. The molecular formula is C13H17N5O2. The Morgan fingerprint density at radius 1 is 1.55 bits per heavy atom. The van der Waals surface area contributed by atoms with Gasteiger partial charge in [-0.1, -0.05) is 11.2 Å². The second-order valence-electron chi connectivity index (χ2n) is 4.66. The highest BCUT2D eigenvalue weighted by Gasteiger charge is 2.26. The Morgan fingerprint density at radius 3 is 2.95 bits per heavy atom. The fourth-order valence-electron chi connectivity index (χ4n) is 2.35. The number of esters is 1. The second kappa shape index (κ2) is 6.77. The van der Waals surface area contributed by atoms with Crippen LogP contribution in [-0.4, -0.2) is 31.2 Å². The number of carbonyl (C=O) groups excluding carboxylic acids is 1. The van der Waals surface area contributed by atoms with E-state index in [2.05, 4.69) is 19.9 Å². The Hall–Kier alpha value is -2.27. The van der Waals surface area contributed by atoms with E-state index in [1.165, 1.54) is 7.11 Å². The fraction of sp³-hybridized carbons (Fsp3) is 0.538. The van der Waals surface area contributed by atoms with E-state index in [9.17, 15) is 4.79 Å². The van der Waals surface area contributed by atoms with E-state index in [1.807, 2.05) is 18.2 Å². The molecule has 7 nitrogen and oxygen atoms in total. The standard InChI is InChI=1S/C13H17N5O2/c1-20-13(19)10-5-7-18(8-6-10)12-4-2-3-11(16-12)9-15-17-14/h2-4,10H,5-9H2,1H3. The maximum atomic E-state index is 11.5. The minimum Gasteiger partial charge on any atom is -0.469 e. The first-order valence-electron chi connectivity index (χ1n) is 6.54. The molecule has 0 saturated carbocycles. The lowest BCUT2D eigenvalue weighted by molar-refractivity contribution is -0.146. The SMILES string of the molecule is COC(=O)C1CCN(c2cccc(CN=[N+]=[N-])n2)CC1. The molecule has 0 N–H and O–H groups in total. The lowest BCUT2D eigenvalue weighted by atomic mass is 9.97. The van der Waals surface area contributed by atoms with E-state index >= 15 is 0 Å². The zero-order valence-corrected chi connectivity index (χ0v) is 11.4. The Labute approximate surface area is 117 Å². The molecule has 0 atom stereocenters. The van der Waals surface area contributed by atoms with Gasteiger partial charge in [0.1, 0.15) is 5.82 Å². The average molecular weight is 275 g/mol. The Bertz CT molecular complexity index is 519. The molecule has 0 unspecified atom stereocenters. The third kappa shape index (κ3) is 3.39. The van der Waals surface area contributed by atoms with Gasteiger partial charge in [0.25, 0.3) is 0 Å². The third-order valence-corrected chi connectivity index (χ3v) is 3.44. The van der Waals surface area contributed by atoms with E-state index in [1.54, 1.807) is 0 Å². The minimum absolute atomic E-state index is 0.0115. The van der Waals surface area contributed by atoms with Crippen molar-refractivity contribution in [2.24, 2.45) is 11.0 Å². The molecule has 0 spiro atoms. The molecule has 2 heterocycles. The molecular weight excluding hydrogens is 258 g/mol. The zero-order valence-electron chi connectivity index (χ0n) is 11.4. The van der Waals surface area contributed by atoms with E-state index in [4.69, 9.17) is 10.3 Å². The topological polar surface area (TPSA) is 91.2 Å². The molecule has 1 fully saturated rings. The molecule has 106 valence electrons. The molecule has 1 saturated heterocycles. The van der Waals surface area contributed by atoms with Crippen molar-refractivity contribution in [3.05, 3.63) is 34.3 Å². The summed E-state index contributed by atoms with van der Waals surface area (Å²) in [5, 5.41) is 3.51. The van der Waals surface area contributed by atoms with Gasteiger partial charge in [-0.2, -0.15) is 0 Å². The molecule has 1 aromatic rings. The van der Waals surface area contributed by atoms with E-state index in [0.717, 1.165) is 37.4 Å².